The van der Waals surface area contributed by atoms with Gasteiger partial charge in [-0.15, -0.1) is 0 Å². The number of rotatable bonds is 1. The number of ether oxygens (including phenoxy) is 1. The van der Waals surface area contributed by atoms with Gasteiger partial charge in [0.05, 0.1) is 16.8 Å². The molecule has 1 aliphatic carbocycles. The van der Waals surface area contributed by atoms with Crippen molar-refractivity contribution < 1.29 is 14.6 Å². The van der Waals surface area contributed by atoms with E-state index in [1.807, 2.05) is 18.2 Å². The second kappa shape index (κ2) is 4.87. The van der Waals surface area contributed by atoms with Gasteiger partial charge in [-0.25, -0.2) is 4.79 Å². The fraction of sp³-hybridized carbons (Fsp3) is 0.412. The zero-order valence-corrected chi connectivity index (χ0v) is 12.3. The van der Waals surface area contributed by atoms with Crippen LogP contribution < -0.4 is 4.74 Å². The minimum atomic E-state index is -0.852. The molecular weight excluding hydrogens is 280 g/mol. The molecule has 0 atom stereocenters. The van der Waals surface area contributed by atoms with Crippen molar-refractivity contribution in [2.45, 2.75) is 37.6 Å². The molecule has 5 nitrogen and oxygen atoms in total. The first-order chi connectivity index (χ1) is 10.7. The molecule has 114 valence electrons. The summed E-state index contributed by atoms with van der Waals surface area (Å²) in [4.78, 5) is 18.0. The molecule has 0 radical (unpaired) electrons. The maximum Gasteiger partial charge on any atom is 0.333 e. The molecule has 22 heavy (non-hydrogen) atoms. The number of pyridine rings is 1. The van der Waals surface area contributed by atoms with Gasteiger partial charge in [0.15, 0.2) is 0 Å². The van der Waals surface area contributed by atoms with Gasteiger partial charge in [-0.1, -0.05) is 18.9 Å². The summed E-state index contributed by atoms with van der Waals surface area (Å²) in [6, 6.07) is 3.81. The predicted octanol–water partition coefficient (Wildman–Crippen LogP) is 2.80. The molecule has 0 bridgehead atoms. The summed E-state index contributed by atoms with van der Waals surface area (Å²) >= 11 is 0. The lowest BCUT2D eigenvalue weighted by atomic mass is 9.93. The Kier molecular flexibility index (Phi) is 2.96. The fourth-order valence-electron chi connectivity index (χ4n) is 3.73. The van der Waals surface area contributed by atoms with Crippen LogP contribution in [0.4, 0.5) is 0 Å². The zero-order chi connectivity index (χ0) is 15.2. The molecule has 1 aromatic rings. The van der Waals surface area contributed by atoms with Crippen LogP contribution in [-0.2, 0) is 4.79 Å². The van der Waals surface area contributed by atoms with E-state index in [0.29, 0.717) is 18.6 Å². The average Bonchev–Trinajstić information content (AvgIpc) is 2.97. The molecule has 3 heterocycles. The van der Waals surface area contributed by atoms with Gasteiger partial charge in [0.2, 0.25) is 0 Å². The number of hydrogen-bond acceptors (Lipinski definition) is 4. The first-order valence-electron chi connectivity index (χ1n) is 7.71. The first kappa shape index (κ1) is 13.4. The van der Waals surface area contributed by atoms with E-state index in [1.165, 1.54) is 0 Å². The lowest BCUT2D eigenvalue weighted by Crippen LogP contribution is -2.47. The van der Waals surface area contributed by atoms with Crippen LogP contribution >= 0.6 is 0 Å². The van der Waals surface area contributed by atoms with Crippen molar-refractivity contribution in [1.82, 2.24) is 9.88 Å². The minimum Gasteiger partial charge on any atom is -0.489 e. The van der Waals surface area contributed by atoms with E-state index in [4.69, 9.17) is 4.74 Å². The number of carboxylic acid groups (broad SMARTS) is 1. The minimum absolute atomic E-state index is 0.145. The van der Waals surface area contributed by atoms with Gasteiger partial charge in [0.25, 0.3) is 0 Å². The van der Waals surface area contributed by atoms with Gasteiger partial charge in [-0.2, -0.15) is 0 Å². The number of nitrogens with zero attached hydrogens (tertiary/aromatic N) is 2. The Morgan fingerprint density at radius 2 is 2.18 bits per heavy atom. The summed E-state index contributed by atoms with van der Waals surface area (Å²) in [5.74, 6) is -0.0652. The molecule has 0 unspecified atom stereocenters. The van der Waals surface area contributed by atoms with E-state index < -0.39 is 5.97 Å². The van der Waals surface area contributed by atoms with Crippen LogP contribution in [-0.4, -0.2) is 33.1 Å². The highest BCUT2D eigenvalue weighted by Gasteiger charge is 2.44. The second-order valence-corrected chi connectivity index (χ2v) is 6.19. The highest BCUT2D eigenvalue weighted by molar-refractivity contribution is 5.88. The molecule has 0 amide bonds. The Hall–Kier alpha value is -2.30. The maximum atomic E-state index is 11.4. The lowest BCUT2D eigenvalue weighted by Gasteiger charge is -2.41. The largest absolute Gasteiger partial charge is 0.489 e. The van der Waals surface area contributed by atoms with Crippen molar-refractivity contribution >= 4 is 11.7 Å². The zero-order valence-electron chi connectivity index (χ0n) is 12.3. The molecule has 1 N–H and O–H groups in total. The number of fused-ring (bicyclic) bond motifs is 4. The van der Waals surface area contributed by atoms with E-state index in [2.05, 4.69) is 9.88 Å². The molecule has 0 aromatic carbocycles. The molecule has 5 heteroatoms. The fourth-order valence-corrected chi connectivity index (χ4v) is 3.73. The number of allylic oxidation sites excluding steroid dienone is 1. The Morgan fingerprint density at radius 3 is 2.95 bits per heavy atom. The molecule has 1 saturated carbocycles. The van der Waals surface area contributed by atoms with Crippen LogP contribution in [0.2, 0.25) is 0 Å². The SMILES string of the molecule is O=C(O)C1=CN2C(=CC1)c1ncccc1OCC21CCCC1. The van der Waals surface area contributed by atoms with Gasteiger partial charge in [-0.05, 0) is 25.0 Å². The molecule has 4 rings (SSSR count). The van der Waals surface area contributed by atoms with Crippen molar-refractivity contribution in [3.05, 3.63) is 41.9 Å². The van der Waals surface area contributed by atoms with Gasteiger partial charge >= 0.3 is 5.97 Å². The number of hydrogen-bond donors (Lipinski definition) is 1. The van der Waals surface area contributed by atoms with E-state index in [0.717, 1.165) is 42.8 Å². The van der Waals surface area contributed by atoms with Crippen molar-refractivity contribution in [3.63, 3.8) is 0 Å². The number of carbonyl (C=O) groups is 1. The van der Waals surface area contributed by atoms with Crippen LogP contribution in [0.5, 0.6) is 5.75 Å². The van der Waals surface area contributed by atoms with Gasteiger partial charge in [0, 0.05) is 18.8 Å². The van der Waals surface area contributed by atoms with Gasteiger partial charge in [0.1, 0.15) is 18.1 Å². The molecule has 2 aliphatic heterocycles. The lowest BCUT2D eigenvalue weighted by molar-refractivity contribution is -0.132. The Labute approximate surface area is 128 Å². The van der Waals surface area contributed by atoms with Crippen LogP contribution in [0.1, 0.15) is 37.8 Å². The molecular formula is C17H18N2O3. The summed E-state index contributed by atoms with van der Waals surface area (Å²) in [5.41, 5.74) is 2.08. The van der Waals surface area contributed by atoms with Crippen LogP contribution in [0.3, 0.4) is 0 Å². The molecule has 0 saturated heterocycles. The Bertz CT molecular complexity index is 687. The van der Waals surface area contributed by atoms with E-state index in [9.17, 15) is 9.90 Å². The van der Waals surface area contributed by atoms with Crippen molar-refractivity contribution in [3.8, 4) is 5.75 Å². The summed E-state index contributed by atoms with van der Waals surface area (Å²) in [7, 11) is 0. The van der Waals surface area contributed by atoms with Crippen molar-refractivity contribution in [1.29, 1.82) is 0 Å². The predicted molar refractivity (Wildman–Crippen MR) is 81.1 cm³/mol. The van der Waals surface area contributed by atoms with E-state index >= 15 is 0 Å². The first-order valence-corrected chi connectivity index (χ1v) is 7.71. The van der Waals surface area contributed by atoms with Crippen LogP contribution in [0.25, 0.3) is 5.70 Å². The topological polar surface area (TPSA) is 62.7 Å². The summed E-state index contributed by atoms with van der Waals surface area (Å²) in [6.45, 7) is 0.576. The monoisotopic (exact) mass is 298 g/mol. The molecule has 3 aliphatic rings. The van der Waals surface area contributed by atoms with Crippen LogP contribution in [0, 0.1) is 0 Å². The average molecular weight is 298 g/mol. The molecule has 1 fully saturated rings. The maximum absolute atomic E-state index is 11.4. The van der Waals surface area contributed by atoms with E-state index in [-0.39, 0.29) is 5.54 Å². The Morgan fingerprint density at radius 1 is 1.36 bits per heavy atom. The number of carboxylic acids is 1. The third-order valence-electron chi connectivity index (χ3n) is 4.89. The van der Waals surface area contributed by atoms with Crippen molar-refractivity contribution in [2.75, 3.05) is 6.61 Å². The quantitative estimate of drug-likeness (QED) is 0.863. The standard InChI is InChI=1S/C17H18N2O3/c20-16(21)12-5-6-13-15-14(4-3-9-18-15)22-11-17(19(13)10-12)7-1-2-8-17/h3-4,6,9-10H,1-2,5,7-8,11H2,(H,20,21). The van der Waals surface area contributed by atoms with Gasteiger partial charge in [-0.3, -0.25) is 4.98 Å². The number of aliphatic carboxylic acids is 1. The second-order valence-electron chi connectivity index (χ2n) is 6.19. The normalized spacial score (nSPS) is 22.1. The number of aromatic nitrogens is 1. The summed E-state index contributed by atoms with van der Waals surface area (Å²) in [5, 5.41) is 9.35. The molecule has 1 spiro atoms. The smallest absolute Gasteiger partial charge is 0.333 e. The van der Waals surface area contributed by atoms with E-state index in [1.54, 1.807) is 12.4 Å². The van der Waals surface area contributed by atoms with Crippen molar-refractivity contribution in [2.24, 2.45) is 0 Å². The van der Waals surface area contributed by atoms with Gasteiger partial charge < -0.3 is 14.7 Å². The Balaban J connectivity index is 1.86. The highest BCUT2D eigenvalue weighted by atomic mass is 16.5. The van der Waals surface area contributed by atoms with Crippen LogP contribution in [0.15, 0.2) is 36.2 Å². The third kappa shape index (κ3) is 1.92. The highest BCUT2D eigenvalue weighted by Crippen LogP contribution is 2.46. The molecule has 1 aromatic heterocycles. The third-order valence-corrected chi connectivity index (χ3v) is 4.89. The summed E-state index contributed by atoms with van der Waals surface area (Å²) in [6.07, 6.45) is 10.3. The summed E-state index contributed by atoms with van der Waals surface area (Å²) < 4.78 is 6.05.